The van der Waals surface area contributed by atoms with Crippen LogP contribution in [0.4, 0.5) is 0 Å². The van der Waals surface area contributed by atoms with Crippen LogP contribution in [0, 0.1) is 41.5 Å². The predicted molar refractivity (Wildman–Crippen MR) is 138 cm³/mol. The van der Waals surface area contributed by atoms with Gasteiger partial charge in [0.25, 0.3) is 0 Å². The summed E-state index contributed by atoms with van der Waals surface area (Å²) >= 11 is 2.47. The number of rotatable bonds is 4. The molecule has 0 N–H and O–H groups in total. The Kier molecular flexibility index (Phi) is 11.0. The summed E-state index contributed by atoms with van der Waals surface area (Å²) in [5, 5.41) is 4.51. The van der Waals surface area contributed by atoms with Crippen LogP contribution in [0.25, 0.3) is 0 Å². The van der Waals surface area contributed by atoms with E-state index in [1.165, 1.54) is 54.5 Å². The predicted octanol–water partition coefficient (Wildman–Crippen LogP) is -3.22. The van der Waals surface area contributed by atoms with Crippen LogP contribution in [0.2, 0.25) is 3.34 Å². The van der Waals surface area contributed by atoms with Crippen LogP contribution in [0.3, 0.4) is 0 Å². The van der Waals surface area contributed by atoms with Crippen LogP contribution in [0.1, 0.15) is 40.3 Å². The molecule has 0 saturated carbocycles. The van der Waals surface area contributed by atoms with Gasteiger partial charge in [0.1, 0.15) is 0 Å². The van der Waals surface area contributed by atoms with Gasteiger partial charge in [-0.05, 0) is 0 Å². The van der Waals surface area contributed by atoms with Gasteiger partial charge in [-0.3, -0.25) is 0 Å². The van der Waals surface area contributed by atoms with Crippen LogP contribution in [-0.2, 0) is 20.4 Å². The summed E-state index contributed by atoms with van der Waals surface area (Å²) in [6, 6.07) is 21.7. The Bertz CT molecular complexity index is 1090. The Morgan fingerprint density at radius 3 is 1.03 bits per heavy atom. The molecule has 5 heteroatoms. The van der Waals surface area contributed by atoms with E-state index in [9.17, 15) is 0 Å². The Balaban J connectivity index is 0.00000204. The molecule has 0 heterocycles. The molecule has 1 aliphatic carbocycles. The zero-order valence-electron chi connectivity index (χ0n) is 21.6. The summed E-state index contributed by atoms with van der Waals surface area (Å²) in [6.07, 6.45) is 7.35. The van der Waals surface area contributed by atoms with Crippen molar-refractivity contribution in [1.29, 1.82) is 0 Å². The Labute approximate surface area is 243 Å². The number of allylic oxidation sites excluding steroid dienone is 4. The largest absolute Gasteiger partial charge is 1.00 e. The minimum Gasteiger partial charge on any atom is -1.00 e. The molecule has 0 amide bonds. The van der Waals surface area contributed by atoms with Crippen LogP contribution in [0.15, 0.2) is 78.4 Å². The summed E-state index contributed by atoms with van der Waals surface area (Å²) < 4.78 is -0.0578. The van der Waals surface area contributed by atoms with E-state index < -0.39 is 8.07 Å². The zero-order valence-corrected chi connectivity index (χ0v) is 26.4. The van der Waals surface area contributed by atoms with Crippen molar-refractivity contribution in [2.24, 2.45) is 0 Å². The molecule has 0 nitrogen and oxygen atoms in total. The van der Waals surface area contributed by atoms with E-state index in [1.807, 2.05) is 0 Å². The van der Waals surface area contributed by atoms with Crippen molar-refractivity contribution in [3.8, 4) is 0 Å². The second kappa shape index (κ2) is 12.0. The van der Waals surface area contributed by atoms with Gasteiger partial charge in [0.05, 0.1) is 0 Å². The molecule has 0 radical (unpaired) electrons. The van der Waals surface area contributed by atoms with E-state index in [4.69, 9.17) is 0 Å². The van der Waals surface area contributed by atoms with Crippen molar-refractivity contribution in [3.05, 3.63) is 112 Å². The molecule has 0 bridgehead atoms. The van der Waals surface area contributed by atoms with Crippen LogP contribution < -0.4 is 52.8 Å². The van der Waals surface area contributed by atoms with E-state index in [-0.39, 0.29) is 40.6 Å². The smallest absolute Gasteiger partial charge is 1.00 e. The van der Waals surface area contributed by atoms with Gasteiger partial charge >= 0.3 is 208 Å². The topological polar surface area (TPSA) is 0 Å². The van der Waals surface area contributed by atoms with Crippen molar-refractivity contribution in [2.45, 2.75) is 51.8 Å². The van der Waals surface area contributed by atoms with Gasteiger partial charge in [-0.25, -0.2) is 0 Å². The standard InChI is InChI=1S/C30H33Si.3ClH.Ti/c1-20-8-9-27(13-20)31(28-14-21(2)10-22(3)15-28,29-16-23(4)11-24(5)17-29)30-18-25(6)12-26(7)19-30;;;;/h8-19H,1-7H3;3*1H;/q;;;;+3/p-3. The van der Waals surface area contributed by atoms with Gasteiger partial charge in [-0.2, -0.15) is 0 Å². The normalized spacial score (nSPS) is 16.7. The molecule has 0 aromatic heterocycles. The van der Waals surface area contributed by atoms with Gasteiger partial charge in [0, 0.05) is 0 Å². The molecule has 1 atom stereocenters. The summed E-state index contributed by atoms with van der Waals surface area (Å²) in [5.74, 6) is 0. The molecule has 0 aliphatic heterocycles. The van der Waals surface area contributed by atoms with Crippen molar-refractivity contribution in [2.75, 3.05) is 0 Å². The Morgan fingerprint density at radius 2 is 0.800 bits per heavy atom. The number of benzene rings is 3. The molecular formula is C30H33Cl3SiTi. The summed E-state index contributed by atoms with van der Waals surface area (Å²) in [6.45, 7) is 15.7. The van der Waals surface area contributed by atoms with Crippen LogP contribution >= 0.6 is 0 Å². The molecule has 3 aromatic carbocycles. The van der Waals surface area contributed by atoms with Gasteiger partial charge < -0.3 is 37.2 Å². The molecule has 3 aromatic rings. The average Bonchev–Trinajstić information content (AvgIpc) is 2.99. The fourth-order valence-electron chi connectivity index (χ4n) is 5.74. The molecule has 1 aliphatic rings. The SMILES string of the molecule is CC1=C[C]([Ti+3])([Si](c2cc(C)cc(C)c2)(c2cc(C)cc(C)c2)c2cc(C)cc(C)c2)C=C1.[Cl-].[Cl-].[Cl-]. The first-order chi connectivity index (χ1) is 15.0. The Morgan fingerprint density at radius 1 is 0.514 bits per heavy atom. The van der Waals surface area contributed by atoms with E-state index in [1.54, 1.807) is 0 Å². The molecule has 4 rings (SSSR count). The minimum atomic E-state index is -2.51. The first-order valence-electron chi connectivity index (χ1n) is 11.4. The fourth-order valence-corrected chi connectivity index (χ4v) is 14.1. The third kappa shape index (κ3) is 5.93. The van der Waals surface area contributed by atoms with Crippen molar-refractivity contribution >= 4 is 23.6 Å². The maximum atomic E-state index is 2.53. The monoisotopic (exact) mass is 574 g/mol. The summed E-state index contributed by atoms with van der Waals surface area (Å²) in [4.78, 5) is 0. The van der Waals surface area contributed by atoms with E-state index in [0.717, 1.165) is 0 Å². The van der Waals surface area contributed by atoms with Crippen LogP contribution in [0.5, 0.6) is 0 Å². The quantitative estimate of drug-likeness (QED) is 0.227. The number of hydrogen-bond acceptors (Lipinski definition) is 0. The summed E-state index contributed by atoms with van der Waals surface area (Å²) in [5.41, 5.74) is 9.43. The van der Waals surface area contributed by atoms with Gasteiger partial charge in [0.15, 0.2) is 0 Å². The Hall–Kier alpha value is -1.06. The third-order valence-corrected chi connectivity index (χ3v) is 13.9. The maximum Gasteiger partial charge on any atom is -1.00 e. The third-order valence-electron chi connectivity index (χ3n) is 6.65. The number of halogens is 3. The summed E-state index contributed by atoms with van der Waals surface area (Å²) in [7, 11) is -2.51. The van der Waals surface area contributed by atoms with Gasteiger partial charge in [-0.1, -0.05) is 0 Å². The molecule has 35 heavy (non-hydrogen) atoms. The van der Waals surface area contributed by atoms with Crippen molar-refractivity contribution < 1.29 is 57.7 Å². The van der Waals surface area contributed by atoms with E-state index in [2.05, 4.69) is 142 Å². The van der Waals surface area contributed by atoms with E-state index >= 15 is 0 Å². The number of hydrogen-bond donors (Lipinski definition) is 0. The fraction of sp³-hybridized carbons (Fsp3) is 0.267. The number of aryl methyl sites for hydroxylation is 6. The molecule has 1 unspecified atom stereocenters. The van der Waals surface area contributed by atoms with Crippen molar-refractivity contribution in [1.82, 2.24) is 0 Å². The minimum absolute atomic E-state index is 0. The first-order valence-corrected chi connectivity index (χ1v) is 14.2. The second-order valence-corrected chi connectivity index (χ2v) is 16.1. The molecule has 182 valence electrons. The second-order valence-electron chi connectivity index (χ2n) is 9.97. The van der Waals surface area contributed by atoms with E-state index in [0.29, 0.717) is 0 Å². The molecule has 0 spiro atoms. The molecular weight excluding hydrogens is 543 g/mol. The molecule has 0 saturated heterocycles. The zero-order chi connectivity index (χ0) is 23.3. The first kappa shape index (κ1) is 32.0. The molecule has 0 fully saturated rings. The van der Waals surface area contributed by atoms with Gasteiger partial charge in [0.2, 0.25) is 0 Å². The maximum absolute atomic E-state index is 2.53. The van der Waals surface area contributed by atoms with Crippen LogP contribution in [-0.4, -0.2) is 8.07 Å². The average molecular weight is 576 g/mol. The van der Waals surface area contributed by atoms with Gasteiger partial charge in [-0.15, -0.1) is 0 Å². The van der Waals surface area contributed by atoms with Crippen molar-refractivity contribution in [3.63, 3.8) is 0 Å².